The number of pyridine rings is 1. The van der Waals surface area contributed by atoms with Crippen molar-refractivity contribution in [2.75, 3.05) is 19.6 Å². The Labute approximate surface area is 199 Å². The lowest BCUT2D eigenvalue weighted by Gasteiger charge is -2.38. The molecule has 0 bridgehead atoms. The van der Waals surface area contributed by atoms with Crippen molar-refractivity contribution in [1.29, 1.82) is 0 Å². The van der Waals surface area contributed by atoms with E-state index in [1.807, 2.05) is 36.4 Å². The SMILES string of the molecule is C=CC(=O)N1CC(NC(=O)Cn2cc(C(=O)NCCc3ccccn3)c3cc(Br)ccc32)C1. The summed E-state index contributed by atoms with van der Waals surface area (Å²) in [5, 5.41) is 6.64. The molecule has 1 aliphatic rings. The fourth-order valence-corrected chi connectivity index (χ4v) is 4.19. The number of hydrogen-bond acceptors (Lipinski definition) is 4. The van der Waals surface area contributed by atoms with Crippen LogP contribution in [0.3, 0.4) is 0 Å². The summed E-state index contributed by atoms with van der Waals surface area (Å²) >= 11 is 3.46. The highest BCUT2D eigenvalue weighted by Gasteiger charge is 2.30. The van der Waals surface area contributed by atoms with Crippen LogP contribution in [0.2, 0.25) is 0 Å². The van der Waals surface area contributed by atoms with E-state index < -0.39 is 0 Å². The van der Waals surface area contributed by atoms with Gasteiger partial charge >= 0.3 is 0 Å². The zero-order valence-corrected chi connectivity index (χ0v) is 19.5. The number of carbonyl (C=O) groups excluding carboxylic acids is 3. The van der Waals surface area contributed by atoms with Crippen LogP contribution in [0.15, 0.2) is 65.9 Å². The molecule has 1 fully saturated rings. The highest BCUT2D eigenvalue weighted by atomic mass is 79.9. The molecule has 3 amide bonds. The molecule has 1 aromatic carbocycles. The summed E-state index contributed by atoms with van der Waals surface area (Å²) in [6, 6.07) is 11.2. The molecule has 9 heteroatoms. The highest BCUT2D eigenvalue weighted by Crippen LogP contribution is 2.25. The maximum Gasteiger partial charge on any atom is 0.253 e. The number of benzene rings is 1. The Bertz CT molecular complexity index is 1200. The highest BCUT2D eigenvalue weighted by molar-refractivity contribution is 9.10. The average Bonchev–Trinajstić information content (AvgIpc) is 3.13. The molecular formula is C24H24BrN5O3. The van der Waals surface area contributed by atoms with E-state index in [9.17, 15) is 14.4 Å². The zero-order valence-electron chi connectivity index (χ0n) is 18.0. The van der Waals surface area contributed by atoms with E-state index in [1.54, 1.807) is 21.9 Å². The lowest BCUT2D eigenvalue weighted by atomic mass is 10.1. The van der Waals surface area contributed by atoms with E-state index in [4.69, 9.17) is 0 Å². The zero-order chi connectivity index (χ0) is 23.4. The van der Waals surface area contributed by atoms with Crippen molar-refractivity contribution >= 4 is 44.6 Å². The third-order valence-corrected chi connectivity index (χ3v) is 6.02. The van der Waals surface area contributed by atoms with Crippen LogP contribution in [0.4, 0.5) is 0 Å². The molecule has 0 atom stereocenters. The minimum absolute atomic E-state index is 0.0747. The molecule has 33 heavy (non-hydrogen) atoms. The van der Waals surface area contributed by atoms with Gasteiger partial charge in [0.25, 0.3) is 5.91 Å². The first-order valence-electron chi connectivity index (χ1n) is 10.6. The summed E-state index contributed by atoms with van der Waals surface area (Å²) < 4.78 is 2.62. The van der Waals surface area contributed by atoms with Crippen molar-refractivity contribution in [1.82, 2.24) is 25.1 Å². The number of carbonyl (C=O) groups is 3. The fraction of sp³-hybridized carbons (Fsp3) is 0.250. The Morgan fingerprint density at radius 2 is 2.03 bits per heavy atom. The normalized spacial score (nSPS) is 13.4. The van der Waals surface area contributed by atoms with Gasteiger partial charge in [0.1, 0.15) is 6.54 Å². The Balaban J connectivity index is 1.42. The van der Waals surface area contributed by atoms with Crippen LogP contribution in [0.1, 0.15) is 16.1 Å². The summed E-state index contributed by atoms with van der Waals surface area (Å²) in [5.74, 6) is -0.514. The van der Waals surface area contributed by atoms with Gasteiger partial charge < -0.3 is 20.1 Å². The summed E-state index contributed by atoms with van der Waals surface area (Å²) in [4.78, 5) is 43.0. The summed E-state index contributed by atoms with van der Waals surface area (Å²) in [6.45, 7) is 4.95. The molecule has 0 saturated carbocycles. The number of nitrogens with zero attached hydrogens (tertiary/aromatic N) is 3. The van der Waals surface area contributed by atoms with Crippen molar-refractivity contribution in [2.24, 2.45) is 0 Å². The topological polar surface area (TPSA) is 96.3 Å². The standard InChI is InChI=1S/C24H24BrN5O3/c1-2-23(32)30-12-18(13-30)28-22(31)15-29-14-20(19-11-16(25)6-7-21(19)29)24(33)27-10-8-17-5-3-4-9-26-17/h2-7,9,11,14,18H,1,8,10,12-13,15H2,(H,27,33)(H,28,31). The molecule has 2 aromatic heterocycles. The van der Waals surface area contributed by atoms with E-state index in [-0.39, 0.29) is 30.3 Å². The van der Waals surface area contributed by atoms with E-state index in [0.29, 0.717) is 31.6 Å². The van der Waals surface area contributed by atoms with Gasteiger partial charge in [-0.1, -0.05) is 28.6 Å². The van der Waals surface area contributed by atoms with Crippen molar-refractivity contribution in [3.05, 3.63) is 77.2 Å². The van der Waals surface area contributed by atoms with Gasteiger partial charge in [-0.3, -0.25) is 19.4 Å². The molecule has 0 spiro atoms. The maximum atomic E-state index is 12.9. The molecule has 4 rings (SSSR count). The second kappa shape index (κ2) is 9.99. The van der Waals surface area contributed by atoms with Gasteiger partial charge in [0.2, 0.25) is 11.8 Å². The number of amides is 3. The molecule has 0 unspecified atom stereocenters. The molecule has 1 aliphatic heterocycles. The third-order valence-electron chi connectivity index (χ3n) is 5.53. The van der Waals surface area contributed by atoms with Crippen molar-refractivity contribution in [3.8, 4) is 0 Å². The van der Waals surface area contributed by atoms with Crippen LogP contribution in [0, 0.1) is 0 Å². The molecule has 2 N–H and O–H groups in total. The molecule has 1 saturated heterocycles. The number of fused-ring (bicyclic) bond motifs is 1. The monoisotopic (exact) mass is 509 g/mol. The molecule has 8 nitrogen and oxygen atoms in total. The van der Waals surface area contributed by atoms with Crippen LogP contribution in [-0.4, -0.2) is 57.8 Å². The summed E-state index contributed by atoms with van der Waals surface area (Å²) in [5.41, 5.74) is 2.20. The Kier molecular flexibility index (Phi) is 6.88. The predicted octanol–water partition coefficient (Wildman–Crippen LogP) is 2.28. The van der Waals surface area contributed by atoms with Crippen LogP contribution in [0.25, 0.3) is 10.9 Å². The number of hydrogen-bond donors (Lipinski definition) is 2. The molecule has 170 valence electrons. The number of likely N-dealkylation sites (tertiary alicyclic amines) is 1. The third kappa shape index (κ3) is 5.31. The molecule has 0 aliphatic carbocycles. The van der Waals surface area contributed by atoms with Crippen molar-refractivity contribution < 1.29 is 14.4 Å². The van der Waals surface area contributed by atoms with Gasteiger partial charge in [0, 0.05) is 59.5 Å². The van der Waals surface area contributed by atoms with E-state index in [2.05, 4.69) is 38.1 Å². The average molecular weight is 510 g/mol. The Morgan fingerprint density at radius 3 is 2.76 bits per heavy atom. The lowest BCUT2D eigenvalue weighted by Crippen LogP contribution is -2.61. The van der Waals surface area contributed by atoms with Crippen molar-refractivity contribution in [3.63, 3.8) is 0 Å². The van der Waals surface area contributed by atoms with Gasteiger partial charge in [-0.25, -0.2) is 0 Å². The first-order chi connectivity index (χ1) is 15.9. The molecular weight excluding hydrogens is 486 g/mol. The van der Waals surface area contributed by atoms with Crippen LogP contribution >= 0.6 is 15.9 Å². The summed E-state index contributed by atoms with van der Waals surface area (Å²) in [7, 11) is 0. The van der Waals surface area contributed by atoms with E-state index in [0.717, 1.165) is 21.1 Å². The van der Waals surface area contributed by atoms with Crippen LogP contribution in [-0.2, 0) is 22.6 Å². The summed E-state index contributed by atoms with van der Waals surface area (Å²) in [6.07, 6.45) is 5.34. The van der Waals surface area contributed by atoms with Crippen LogP contribution < -0.4 is 10.6 Å². The molecule has 3 heterocycles. The number of nitrogens with one attached hydrogen (secondary N) is 2. The Hall–Kier alpha value is -3.46. The quantitative estimate of drug-likeness (QED) is 0.455. The van der Waals surface area contributed by atoms with E-state index in [1.165, 1.54) is 6.08 Å². The molecule has 0 radical (unpaired) electrons. The van der Waals surface area contributed by atoms with Crippen molar-refractivity contribution in [2.45, 2.75) is 19.0 Å². The minimum atomic E-state index is -0.203. The van der Waals surface area contributed by atoms with Gasteiger partial charge in [-0.05, 0) is 36.4 Å². The molecule has 3 aromatic rings. The van der Waals surface area contributed by atoms with Crippen LogP contribution in [0.5, 0.6) is 0 Å². The van der Waals surface area contributed by atoms with Gasteiger partial charge in [-0.2, -0.15) is 0 Å². The van der Waals surface area contributed by atoms with E-state index >= 15 is 0 Å². The van der Waals surface area contributed by atoms with Gasteiger partial charge in [0.15, 0.2) is 0 Å². The maximum absolute atomic E-state index is 12.9. The lowest BCUT2D eigenvalue weighted by molar-refractivity contribution is -0.133. The largest absolute Gasteiger partial charge is 0.352 e. The number of rotatable bonds is 8. The smallest absolute Gasteiger partial charge is 0.253 e. The minimum Gasteiger partial charge on any atom is -0.352 e. The van der Waals surface area contributed by atoms with Gasteiger partial charge in [0.05, 0.1) is 11.6 Å². The first kappa shape index (κ1) is 22.7. The second-order valence-electron chi connectivity index (χ2n) is 7.87. The fourth-order valence-electron chi connectivity index (χ4n) is 3.83. The number of halogens is 1. The predicted molar refractivity (Wildman–Crippen MR) is 129 cm³/mol. The number of aromatic nitrogens is 2. The second-order valence-corrected chi connectivity index (χ2v) is 8.79. The Morgan fingerprint density at radius 1 is 1.21 bits per heavy atom. The van der Waals surface area contributed by atoms with Gasteiger partial charge in [-0.15, -0.1) is 0 Å². The first-order valence-corrected chi connectivity index (χ1v) is 11.4.